The fourth-order valence-corrected chi connectivity index (χ4v) is 3.85. The zero-order valence-corrected chi connectivity index (χ0v) is 14.7. The van der Waals surface area contributed by atoms with Crippen molar-refractivity contribution in [3.05, 3.63) is 71.5 Å². The lowest BCUT2D eigenvalue weighted by Gasteiger charge is -2.31. The van der Waals surface area contributed by atoms with Gasteiger partial charge in [-0.25, -0.2) is 0 Å². The van der Waals surface area contributed by atoms with Gasteiger partial charge in [0.1, 0.15) is 11.3 Å². The maximum absolute atomic E-state index is 13.2. The number of carbonyl (C=O) groups is 1. The van der Waals surface area contributed by atoms with Crippen LogP contribution in [0.25, 0.3) is 11.0 Å². The third kappa shape index (κ3) is 2.84. The zero-order valence-electron chi connectivity index (χ0n) is 14.7. The topological polar surface area (TPSA) is 33.5 Å². The second-order valence-electron chi connectivity index (χ2n) is 6.96. The Balaban J connectivity index is 1.60. The quantitative estimate of drug-likeness (QED) is 0.670. The van der Waals surface area contributed by atoms with Crippen molar-refractivity contribution in [2.45, 2.75) is 38.1 Å². The van der Waals surface area contributed by atoms with Crippen LogP contribution in [0.5, 0.6) is 0 Å². The van der Waals surface area contributed by atoms with Crippen molar-refractivity contribution in [1.82, 2.24) is 4.90 Å². The first-order valence-corrected chi connectivity index (χ1v) is 8.98. The SMILES string of the molecule is C[C@@H](c1cc2ccccc2o1)N(C)C(=O)[C@H]1CCCc2ccccc21. The third-order valence-electron chi connectivity index (χ3n) is 5.45. The molecule has 0 bridgehead atoms. The molecule has 0 spiro atoms. The Bertz CT molecular complexity index is 878. The van der Waals surface area contributed by atoms with Crippen molar-refractivity contribution in [3.63, 3.8) is 0 Å². The van der Waals surface area contributed by atoms with Crippen LogP contribution in [0.15, 0.2) is 59.0 Å². The largest absolute Gasteiger partial charge is 0.459 e. The molecule has 1 aliphatic rings. The maximum atomic E-state index is 13.2. The van der Waals surface area contributed by atoms with Gasteiger partial charge in [0.2, 0.25) is 5.91 Å². The Kier molecular flexibility index (Phi) is 4.08. The number of rotatable bonds is 3. The van der Waals surface area contributed by atoms with Crippen LogP contribution in [0.2, 0.25) is 0 Å². The van der Waals surface area contributed by atoms with Crippen LogP contribution in [-0.2, 0) is 11.2 Å². The summed E-state index contributed by atoms with van der Waals surface area (Å²) < 4.78 is 5.96. The van der Waals surface area contributed by atoms with Crippen LogP contribution >= 0.6 is 0 Å². The van der Waals surface area contributed by atoms with Gasteiger partial charge in [-0.15, -0.1) is 0 Å². The summed E-state index contributed by atoms with van der Waals surface area (Å²) in [5, 5.41) is 1.08. The van der Waals surface area contributed by atoms with Gasteiger partial charge in [-0.05, 0) is 49.4 Å². The van der Waals surface area contributed by atoms with Gasteiger partial charge < -0.3 is 9.32 Å². The summed E-state index contributed by atoms with van der Waals surface area (Å²) in [6.07, 6.45) is 3.07. The van der Waals surface area contributed by atoms with Crippen molar-refractivity contribution < 1.29 is 9.21 Å². The van der Waals surface area contributed by atoms with Crippen LogP contribution in [0.4, 0.5) is 0 Å². The van der Waals surface area contributed by atoms with Crippen molar-refractivity contribution in [2.24, 2.45) is 0 Å². The van der Waals surface area contributed by atoms with Gasteiger partial charge in [-0.3, -0.25) is 4.79 Å². The first kappa shape index (κ1) is 15.9. The summed E-state index contributed by atoms with van der Waals surface area (Å²) in [6, 6.07) is 18.3. The minimum absolute atomic E-state index is 0.0400. The van der Waals surface area contributed by atoms with Gasteiger partial charge in [0, 0.05) is 12.4 Å². The number of furan rings is 1. The predicted molar refractivity (Wildman–Crippen MR) is 99.5 cm³/mol. The highest BCUT2D eigenvalue weighted by molar-refractivity contribution is 5.85. The van der Waals surface area contributed by atoms with Crippen LogP contribution in [0, 0.1) is 0 Å². The number of benzene rings is 2. The van der Waals surface area contributed by atoms with Crippen LogP contribution in [0.3, 0.4) is 0 Å². The number of fused-ring (bicyclic) bond motifs is 2. The molecule has 3 aromatic rings. The average molecular weight is 333 g/mol. The second-order valence-corrected chi connectivity index (χ2v) is 6.96. The fraction of sp³-hybridized carbons (Fsp3) is 0.318. The molecule has 1 aromatic heterocycles. The van der Waals surface area contributed by atoms with E-state index in [1.54, 1.807) is 0 Å². The smallest absolute Gasteiger partial charge is 0.230 e. The standard InChI is InChI=1S/C22H23NO2/c1-15(21-14-17-9-4-6-13-20(17)25-21)23(2)22(24)19-12-7-10-16-8-3-5-11-18(16)19/h3-6,8-9,11,13-15,19H,7,10,12H2,1-2H3/t15-,19-/m0/s1. The number of likely N-dealkylation sites (N-methyl/N-ethyl adjacent to an activating group) is 1. The fourth-order valence-electron chi connectivity index (χ4n) is 3.85. The summed E-state index contributed by atoms with van der Waals surface area (Å²) in [6.45, 7) is 2.03. The molecule has 1 amide bonds. The second kappa shape index (κ2) is 6.40. The minimum Gasteiger partial charge on any atom is -0.459 e. The molecule has 128 valence electrons. The van der Waals surface area contributed by atoms with E-state index in [4.69, 9.17) is 4.42 Å². The summed E-state index contributed by atoms with van der Waals surface area (Å²) in [4.78, 5) is 15.0. The van der Waals surface area contributed by atoms with Crippen molar-refractivity contribution in [3.8, 4) is 0 Å². The summed E-state index contributed by atoms with van der Waals surface area (Å²) in [5.41, 5.74) is 3.38. The van der Waals surface area contributed by atoms with E-state index < -0.39 is 0 Å². The zero-order chi connectivity index (χ0) is 17.4. The van der Waals surface area contributed by atoms with Crippen molar-refractivity contribution >= 4 is 16.9 Å². The molecule has 0 saturated heterocycles. The molecule has 2 atom stereocenters. The average Bonchev–Trinajstić information content (AvgIpc) is 3.10. The minimum atomic E-state index is -0.0889. The number of carbonyl (C=O) groups excluding carboxylic acids is 1. The van der Waals surface area contributed by atoms with E-state index in [-0.39, 0.29) is 17.9 Å². The van der Waals surface area contributed by atoms with Gasteiger partial charge in [-0.2, -0.15) is 0 Å². The summed E-state index contributed by atoms with van der Waals surface area (Å²) in [5.74, 6) is 0.975. The Morgan fingerprint density at radius 1 is 1.16 bits per heavy atom. The number of amides is 1. The lowest BCUT2D eigenvalue weighted by atomic mass is 9.82. The highest BCUT2D eigenvalue weighted by atomic mass is 16.3. The van der Waals surface area contributed by atoms with E-state index in [1.807, 2.05) is 55.3 Å². The van der Waals surface area contributed by atoms with Gasteiger partial charge >= 0.3 is 0 Å². The molecule has 3 heteroatoms. The monoisotopic (exact) mass is 333 g/mol. The predicted octanol–water partition coefficient (Wildman–Crippen LogP) is 5.07. The molecule has 2 aromatic carbocycles. The molecule has 4 rings (SSSR count). The Labute approximate surface area is 148 Å². The maximum Gasteiger partial charge on any atom is 0.230 e. The summed E-state index contributed by atoms with van der Waals surface area (Å²) in [7, 11) is 1.89. The number of para-hydroxylation sites is 1. The highest BCUT2D eigenvalue weighted by Gasteiger charge is 2.31. The Hall–Kier alpha value is -2.55. The van der Waals surface area contributed by atoms with E-state index >= 15 is 0 Å². The van der Waals surface area contributed by atoms with E-state index in [0.717, 1.165) is 36.0 Å². The van der Waals surface area contributed by atoms with Gasteiger partial charge in [-0.1, -0.05) is 42.5 Å². The molecule has 0 N–H and O–H groups in total. The van der Waals surface area contributed by atoms with Crippen molar-refractivity contribution in [2.75, 3.05) is 7.05 Å². The Morgan fingerprint density at radius 2 is 1.92 bits per heavy atom. The van der Waals surface area contributed by atoms with Gasteiger partial charge in [0.15, 0.2) is 0 Å². The molecular formula is C22H23NO2. The normalized spacial score (nSPS) is 17.9. The van der Waals surface area contributed by atoms with E-state index in [0.29, 0.717) is 0 Å². The highest BCUT2D eigenvalue weighted by Crippen LogP contribution is 2.35. The summed E-state index contributed by atoms with van der Waals surface area (Å²) >= 11 is 0. The van der Waals surface area contributed by atoms with Crippen LogP contribution in [0.1, 0.15) is 48.6 Å². The molecule has 0 unspecified atom stereocenters. The van der Waals surface area contributed by atoms with E-state index in [2.05, 4.69) is 18.2 Å². The molecule has 0 aliphatic heterocycles. The molecule has 1 aliphatic carbocycles. The molecular weight excluding hydrogens is 310 g/mol. The molecule has 1 heterocycles. The van der Waals surface area contributed by atoms with Crippen molar-refractivity contribution in [1.29, 1.82) is 0 Å². The van der Waals surface area contributed by atoms with E-state index in [1.165, 1.54) is 11.1 Å². The molecule has 0 radical (unpaired) electrons. The van der Waals surface area contributed by atoms with Crippen LogP contribution in [-0.4, -0.2) is 17.9 Å². The third-order valence-corrected chi connectivity index (χ3v) is 5.45. The number of hydrogen-bond acceptors (Lipinski definition) is 2. The van der Waals surface area contributed by atoms with Gasteiger partial charge in [0.25, 0.3) is 0 Å². The van der Waals surface area contributed by atoms with E-state index in [9.17, 15) is 4.79 Å². The number of hydrogen-bond donors (Lipinski definition) is 0. The van der Waals surface area contributed by atoms with Crippen LogP contribution < -0.4 is 0 Å². The van der Waals surface area contributed by atoms with Gasteiger partial charge in [0.05, 0.1) is 12.0 Å². The molecule has 0 saturated carbocycles. The lowest BCUT2D eigenvalue weighted by Crippen LogP contribution is -2.35. The first-order chi connectivity index (χ1) is 12.1. The Morgan fingerprint density at radius 3 is 2.76 bits per heavy atom. The lowest BCUT2D eigenvalue weighted by molar-refractivity contribution is -0.134. The number of nitrogens with zero attached hydrogens (tertiary/aromatic N) is 1. The molecule has 3 nitrogen and oxygen atoms in total. The molecule has 0 fully saturated rings. The number of aryl methyl sites for hydroxylation is 1. The first-order valence-electron chi connectivity index (χ1n) is 8.98. The molecule has 25 heavy (non-hydrogen) atoms.